The molecule has 1 aromatic carbocycles. The maximum Gasteiger partial charge on any atom is 0.254 e. The minimum atomic E-state index is -0.820. The van der Waals surface area contributed by atoms with E-state index in [4.69, 9.17) is 0 Å². The molecule has 0 radical (unpaired) electrons. The minimum Gasteiger partial charge on any atom is -0.349 e. The van der Waals surface area contributed by atoms with Gasteiger partial charge < -0.3 is 10.6 Å². The standard InChI is InChI=1S/C12H13F2IN2O.ClH/c13-9-6-10(14)11(15)5-8(9)12(18)17-7-1-3-16-4-2-7;/h5-7,16H,1-4H2,(H,17,18);1H. The van der Waals surface area contributed by atoms with Gasteiger partial charge in [0.2, 0.25) is 0 Å². The zero-order chi connectivity index (χ0) is 13.1. The fourth-order valence-electron chi connectivity index (χ4n) is 1.93. The molecule has 0 bridgehead atoms. The number of amides is 1. The molecule has 2 rings (SSSR count). The summed E-state index contributed by atoms with van der Waals surface area (Å²) in [7, 11) is 0. The van der Waals surface area contributed by atoms with E-state index in [1.165, 1.54) is 6.07 Å². The number of benzene rings is 1. The molecule has 1 amide bonds. The topological polar surface area (TPSA) is 41.1 Å². The van der Waals surface area contributed by atoms with Gasteiger partial charge in [0.15, 0.2) is 0 Å². The van der Waals surface area contributed by atoms with Crippen LogP contribution in [0.3, 0.4) is 0 Å². The van der Waals surface area contributed by atoms with Crippen molar-refractivity contribution in [1.29, 1.82) is 0 Å². The number of carbonyl (C=O) groups is 1. The van der Waals surface area contributed by atoms with Gasteiger partial charge in [0.25, 0.3) is 5.91 Å². The summed E-state index contributed by atoms with van der Waals surface area (Å²) in [6, 6.07) is 2.04. The van der Waals surface area contributed by atoms with Crippen molar-refractivity contribution in [2.45, 2.75) is 18.9 Å². The lowest BCUT2D eigenvalue weighted by Gasteiger charge is -2.23. The Morgan fingerprint density at radius 3 is 2.53 bits per heavy atom. The smallest absolute Gasteiger partial charge is 0.254 e. The van der Waals surface area contributed by atoms with Crippen LogP contribution in [0.25, 0.3) is 0 Å². The summed E-state index contributed by atoms with van der Waals surface area (Å²) in [4.78, 5) is 11.9. The van der Waals surface area contributed by atoms with Gasteiger partial charge in [-0.25, -0.2) is 8.78 Å². The molecular weight excluding hydrogens is 388 g/mol. The maximum atomic E-state index is 13.5. The van der Waals surface area contributed by atoms with Crippen molar-refractivity contribution in [2.24, 2.45) is 0 Å². The van der Waals surface area contributed by atoms with E-state index < -0.39 is 17.5 Å². The van der Waals surface area contributed by atoms with Crippen LogP contribution in [0.1, 0.15) is 23.2 Å². The van der Waals surface area contributed by atoms with Gasteiger partial charge in [0.05, 0.1) is 5.56 Å². The molecule has 0 aromatic heterocycles. The molecule has 19 heavy (non-hydrogen) atoms. The zero-order valence-electron chi connectivity index (χ0n) is 10.0. The van der Waals surface area contributed by atoms with Crippen LogP contribution in [0, 0.1) is 15.2 Å². The zero-order valence-corrected chi connectivity index (χ0v) is 13.0. The van der Waals surface area contributed by atoms with E-state index in [0.29, 0.717) is 0 Å². The summed E-state index contributed by atoms with van der Waals surface area (Å²) in [6.45, 7) is 1.68. The number of piperidine rings is 1. The van der Waals surface area contributed by atoms with Gasteiger partial charge in [0, 0.05) is 15.7 Å². The third kappa shape index (κ3) is 4.25. The highest BCUT2D eigenvalue weighted by atomic mass is 127. The highest BCUT2D eigenvalue weighted by molar-refractivity contribution is 14.1. The second-order valence-electron chi connectivity index (χ2n) is 4.24. The molecule has 1 aliphatic rings. The maximum absolute atomic E-state index is 13.5. The highest BCUT2D eigenvalue weighted by Crippen LogP contribution is 2.17. The number of halogens is 4. The number of nitrogens with one attached hydrogen (secondary N) is 2. The number of carbonyl (C=O) groups excluding carboxylic acids is 1. The Morgan fingerprint density at radius 1 is 1.26 bits per heavy atom. The van der Waals surface area contributed by atoms with Crippen LogP contribution in [0.2, 0.25) is 0 Å². The molecule has 1 heterocycles. The molecule has 106 valence electrons. The fourth-order valence-corrected chi connectivity index (χ4v) is 2.39. The first kappa shape index (κ1) is 16.6. The molecule has 3 nitrogen and oxygen atoms in total. The molecule has 0 atom stereocenters. The van der Waals surface area contributed by atoms with Crippen LogP contribution in [-0.4, -0.2) is 25.0 Å². The van der Waals surface area contributed by atoms with E-state index in [9.17, 15) is 13.6 Å². The molecule has 0 aliphatic carbocycles. The summed E-state index contributed by atoms with van der Waals surface area (Å²) in [5, 5.41) is 5.96. The van der Waals surface area contributed by atoms with Crippen LogP contribution in [0.15, 0.2) is 12.1 Å². The predicted molar refractivity (Wildman–Crippen MR) is 79.7 cm³/mol. The van der Waals surface area contributed by atoms with Crippen LogP contribution < -0.4 is 10.6 Å². The lowest BCUT2D eigenvalue weighted by molar-refractivity contribution is 0.0925. The fraction of sp³-hybridized carbons (Fsp3) is 0.417. The molecular formula is C12H14ClF2IN2O. The van der Waals surface area contributed by atoms with Crippen molar-refractivity contribution in [3.8, 4) is 0 Å². The highest BCUT2D eigenvalue weighted by Gasteiger charge is 2.19. The molecule has 1 fully saturated rings. The Hall–Kier alpha value is -0.470. The molecule has 1 saturated heterocycles. The van der Waals surface area contributed by atoms with Crippen molar-refractivity contribution in [3.63, 3.8) is 0 Å². The van der Waals surface area contributed by atoms with Crippen LogP contribution >= 0.6 is 35.0 Å². The van der Waals surface area contributed by atoms with Gasteiger partial charge >= 0.3 is 0 Å². The minimum absolute atomic E-state index is 0. The summed E-state index contributed by atoms with van der Waals surface area (Å²) in [6.07, 6.45) is 1.65. The SMILES string of the molecule is Cl.O=C(NC1CCNCC1)c1cc(I)c(F)cc1F. The Balaban J connectivity index is 0.00000180. The molecule has 1 aliphatic heterocycles. The summed E-state index contributed by atoms with van der Waals surface area (Å²) >= 11 is 1.74. The third-order valence-electron chi connectivity index (χ3n) is 2.93. The first-order chi connectivity index (χ1) is 8.58. The summed E-state index contributed by atoms with van der Waals surface area (Å²) < 4.78 is 26.9. The Labute approximate surface area is 130 Å². The van der Waals surface area contributed by atoms with E-state index in [2.05, 4.69) is 10.6 Å². The van der Waals surface area contributed by atoms with Crippen molar-refractivity contribution >= 4 is 40.9 Å². The molecule has 2 N–H and O–H groups in total. The van der Waals surface area contributed by atoms with Gasteiger partial charge in [0.1, 0.15) is 11.6 Å². The van der Waals surface area contributed by atoms with Crippen molar-refractivity contribution in [2.75, 3.05) is 13.1 Å². The Kier molecular flexibility index (Phi) is 6.41. The van der Waals surface area contributed by atoms with E-state index in [1.54, 1.807) is 22.6 Å². The lowest BCUT2D eigenvalue weighted by Crippen LogP contribution is -2.43. The van der Waals surface area contributed by atoms with E-state index >= 15 is 0 Å². The van der Waals surface area contributed by atoms with Crippen LogP contribution in [0.4, 0.5) is 8.78 Å². The first-order valence-corrected chi connectivity index (χ1v) is 6.82. The quantitative estimate of drug-likeness (QED) is 0.589. The average molecular weight is 403 g/mol. The van der Waals surface area contributed by atoms with Crippen molar-refractivity contribution in [1.82, 2.24) is 10.6 Å². The Bertz CT molecular complexity index is 467. The number of rotatable bonds is 2. The van der Waals surface area contributed by atoms with Gasteiger partial charge in [-0.05, 0) is 54.6 Å². The first-order valence-electron chi connectivity index (χ1n) is 5.74. The predicted octanol–water partition coefficient (Wildman–Crippen LogP) is 2.47. The van der Waals surface area contributed by atoms with Gasteiger partial charge in [-0.15, -0.1) is 12.4 Å². The molecule has 0 saturated carbocycles. The van der Waals surface area contributed by atoms with Crippen molar-refractivity contribution in [3.05, 3.63) is 32.9 Å². The number of hydrogen-bond acceptors (Lipinski definition) is 2. The van der Waals surface area contributed by atoms with E-state index in [1.807, 2.05) is 0 Å². The van der Waals surface area contributed by atoms with Gasteiger partial charge in [-0.1, -0.05) is 0 Å². The Morgan fingerprint density at radius 2 is 1.89 bits per heavy atom. The summed E-state index contributed by atoms with van der Waals surface area (Å²) in [5.41, 5.74) is -0.0978. The molecule has 0 unspecified atom stereocenters. The van der Waals surface area contributed by atoms with E-state index in [-0.39, 0.29) is 27.6 Å². The molecule has 7 heteroatoms. The van der Waals surface area contributed by atoms with Crippen molar-refractivity contribution < 1.29 is 13.6 Å². The molecule has 1 aromatic rings. The third-order valence-corrected chi connectivity index (χ3v) is 3.76. The second kappa shape index (κ2) is 7.35. The van der Waals surface area contributed by atoms with Crippen LogP contribution in [0.5, 0.6) is 0 Å². The largest absolute Gasteiger partial charge is 0.349 e. The monoisotopic (exact) mass is 402 g/mol. The summed E-state index contributed by atoms with van der Waals surface area (Å²) in [5.74, 6) is -1.94. The second-order valence-corrected chi connectivity index (χ2v) is 5.41. The van der Waals surface area contributed by atoms with Gasteiger partial charge in [-0.3, -0.25) is 4.79 Å². The molecule has 0 spiro atoms. The number of hydrogen-bond donors (Lipinski definition) is 2. The normalized spacial score (nSPS) is 15.7. The lowest BCUT2D eigenvalue weighted by atomic mass is 10.1. The van der Waals surface area contributed by atoms with Crippen LogP contribution in [-0.2, 0) is 0 Å². The van der Waals surface area contributed by atoms with Gasteiger partial charge in [-0.2, -0.15) is 0 Å². The average Bonchev–Trinajstić information content (AvgIpc) is 2.35. The van der Waals surface area contributed by atoms with E-state index in [0.717, 1.165) is 32.0 Å².